The Balaban J connectivity index is 1.62. The number of fused-ring (bicyclic) bond motifs is 1. The number of amides is 1. The number of aromatic nitrogens is 1. The average molecular weight is 409 g/mol. The second-order valence-electron chi connectivity index (χ2n) is 6.40. The third-order valence-corrected chi connectivity index (χ3v) is 5.37. The van der Waals surface area contributed by atoms with Crippen molar-refractivity contribution in [2.75, 3.05) is 0 Å². The van der Waals surface area contributed by atoms with Crippen LogP contribution in [0.15, 0.2) is 64.4 Å². The number of aryl methyl sites for hydroxylation is 1. The number of nitrogens with two attached hydrogens (primary N) is 1. The van der Waals surface area contributed by atoms with Gasteiger partial charge in [0.1, 0.15) is 5.69 Å². The van der Waals surface area contributed by atoms with Crippen molar-refractivity contribution in [2.45, 2.75) is 19.6 Å². The third-order valence-electron chi connectivity index (χ3n) is 4.40. The van der Waals surface area contributed by atoms with E-state index in [9.17, 15) is 4.79 Å². The molecule has 148 valence electrons. The van der Waals surface area contributed by atoms with Crippen LogP contribution in [0.4, 0.5) is 0 Å². The summed E-state index contributed by atoms with van der Waals surface area (Å²) in [6.07, 6.45) is -0.432. The Morgan fingerprint density at radius 3 is 2.83 bits per heavy atom. The first-order valence-electron chi connectivity index (χ1n) is 8.96. The highest BCUT2D eigenvalue weighted by Gasteiger charge is 2.25. The van der Waals surface area contributed by atoms with E-state index in [2.05, 4.69) is 15.3 Å². The molecule has 0 saturated carbocycles. The molecule has 0 fully saturated rings. The largest absolute Gasteiger partial charge is 0.435 e. The molecule has 2 heterocycles. The van der Waals surface area contributed by atoms with E-state index in [0.29, 0.717) is 18.0 Å². The Labute approximate surface area is 171 Å². The van der Waals surface area contributed by atoms with E-state index in [4.69, 9.17) is 15.2 Å². The minimum atomic E-state index is -0.800. The van der Waals surface area contributed by atoms with E-state index in [1.807, 2.05) is 60.0 Å². The number of hydrogen-bond donors (Lipinski definition) is 2. The fourth-order valence-corrected chi connectivity index (χ4v) is 4.07. The van der Waals surface area contributed by atoms with Crippen molar-refractivity contribution in [3.63, 3.8) is 0 Å². The summed E-state index contributed by atoms with van der Waals surface area (Å²) in [4.78, 5) is 26.8. The molecule has 29 heavy (non-hydrogen) atoms. The lowest BCUT2D eigenvalue weighted by molar-refractivity contribution is -0.332. The Morgan fingerprint density at radius 1 is 1.21 bits per heavy atom. The van der Waals surface area contributed by atoms with Crippen LogP contribution in [-0.4, -0.2) is 17.1 Å². The average Bonchev–Trinajstić information content (AvgIpc) is 3.35. The summed E-state index contributed by atoms with van der Waals surface area (Å²) in [5.41, 5.74) is 2.28. The first-order chi connectivity index (χ1) is 14.2. The summed E-state index contributed by atoms with van der Waals surface area (Å²) in [6.45, 7) is 1.70. The summed E-state index contributed by atoms with van der Waals surface area (Å²) in [7, 11) is 0. The van der Waals surface area contributed by atoms with Gasteiger partial charge in [0.25, 0.3) is 5.91 Å². The van der Waals surface area contributed by atoms with Crippen LogP contribution >= 0.6 is 11.3 Å². The zero-order valence-electron chi connectivity index (χ0n) is 15.6. The Morgan fingerprint density at radius 2 is 2.03 bits per heavy atom. The zero-order chi connectivity index (χ0) is 20.2. The van der Waals surface area contributed by atoms with Gasteiger partial charge in [-0.05, 0) is 22.4 Å². The lowest BCUT2D eigenvalue weighted by atomic mass is 10.1. The molecule has 2 aromatic carbocycles. The van der Waals surface area contributed by atoms with Crippen LogP contribution in [0, 0.1) is 6.92 Å². The lowest BCUT2D eigenvalue weighted by Crippen LogP contribution is -2.39. The highest BCUT2D eigenvalue weighted by molar-refractivity contribution is 7.17. The number of benzene rings is 2. The standard InChI is InChI=1S/C21H19N3O4S/c1-13-23-18(16-9-5-8-15-10-11-29-20(15)16)19(26-13)21(25)24-17(27-28-22)12-14-6-3-2-4-7-14/h2-11,17H,12,22H2,1H3,(H,24,25). The van der Waals surface area contributed by atoms with Crippen molar-refractivity contribution >= 4 is 27.3 Å². The zero-order valence-corrected chi connectivity index (χ0v) is 16.4. The molecule has 2 aromatic heterocycles. The molecule has 0 aliphatic heterocycles. The van der Waals surface area contributed by atoms with Crippen LogP contribution in [0.5, 0.6) is 0 Å². The fourth-order valence-electron chi connectivity index (χ4n) is 3.16. The van der Waals surface area contributed by atoms with Crippen LogP contribution in [0.1, 0.15) is 22.0 Å². The predicted molar refractivity (Wildman–Crippen MR) is 110 cm³/mol. The first kappa shape index (κ1) is 19.3. The number of hydrogen-bond acceptors (Lipinski definition) is 7. The minimum absolute atomic E-state index is 0.113. The molecular weight excluding hydrogens is 390 g/mol. The smallest absolute Gasteiger partial charge is 0.291 e. The van der Waals surface area contributed by atoms with Gasteiger partial charge in [-0.25, -0.2) is 4.98 Å². The van der Waals surface area contributed by atoms with Crippen molar-refractivity contribution in [2.24, 2.45) is 5.90 Å². The highest BCUT2D eigenvalue weighted by Crippen LogP contribution is 2.34. The summed E-state index contributed by atoms with van der Waals surface area (Å²) in [5, 5.41) is 5.84. The van der Waals surface area contributed by atoms with Crippen LogP contribution in [0.3, 0.4) is 0 Å². The fraction of sp³-hybridized carbons (Fsp3) is 0.143. The van der Waals surface area contributed by atoms with Crippen molar-refractivity contribution in [3.8, 4) is 11.3 Å². The molecule has 1 unspecified atom stereocenters. The molecule has 0 aliphatic carbocycles. The van der Waals surface area contributed by atoms with Gasteiger partial charge in [0, 0.05) is 23.6 Å². The third kappa shape index (κ3) is 4.20. The van der Waals surface area contributed by atoms with E-state index in [1.165, 1.54) is 0 Å². The lowest BCUT2D eigenvalue weighted by Gasteiger charge is -2.16. The predicted octanol–water partition coefficient (Wildman–Crippen LogP) is 3.99. The van der Waals surface area contributed by atoms with E-state index in [1.54, 1.807) is 18.3 Å². The quantitative estimate of drug-likeness (QED) is 0.272. The van der Waals surface area contributed by atoms with Crippen molar-refractivity contribution < 1.29 is 19.1 Å². The molecule has 0 spiro atoms. The van der Waals surface area contributed by atoms with Crippen LogP contribution in [0.2, 0.25) is 0 Å². The normalized spacial score (nSPS) is 12.2. The van der Waals surface area contributed by atoms with Crippen molar-refractivity contribution in [1.82, 2.24) is 10.3 Å². The molecule has 8 heteroatoms. The van der Waals surface area contributed by atoms with Gasteiger partial charge in [-0.3, -0.25) is 4.79 Å². The van der Waals surface area contributed by atoms with Gasteiger partial charge in [0.15, 0.2) is 12.1 Å². The van der Waals surface area contributed by atoms with Crippen LogP contribution in [0.25, 0.3) is 21.3 Å². The van der Waals surface area contributed by atoms with Gasteiger partial charge in [0.05, 0.1) is 0 Å². The number of rotatable bonds is 7. The number of carbonyl (C=O) groups is 1. The first-order valence-corrected chi connectivity index (χ1v) is 9.84. The molecule has 0 radical (unpaired) electrons. The van der Waals surface area contributed by atoms with Gasteiger partial charge in [-0.1, -0.05) is 48.5 Å². The molecule has 7 nitrogen and oxygen atoms in total. The minimum Gasteiger partial charge on any atom is -0.435 e. The topological polar surface area (TPSA) is 99.6 Å². The molecule has 1 atom stereocenters. The highest BCUT2D eigenvalue weighted by atomic mass is 32.1. The number of thiophene rings is 1. The molecule has 3 N–H and O–H groups in total. The van der Waals surface area contributed by atoms with Gasteiger partial charge in [-0.15, -0.1) is 16.3 Å². The molecule has 4 rings (SSSR count). The van der Waals surface area contributed by atoms with E-state index < -0.39 is 12.1 Å². The van der Waals surface area contributed by atoms with Crippen molar-refractivity contribution in [1.29, 1.82) is 0 Å². The van der Waals surface area contributed by atoms with Gasteiger partial charge in [0.2, 0.25) is 5.76 Å². The molecule has 0 bridgehead atoms. The maximum atomic E-state index is 13.0. The number of carbonyl (C=O) groups excluding carboxylic acids is 1. The van der Waals surface area contributed by atoms with Crippen LogP contribution in [-0.2, 0) is 16.3 Å². The summed E-state index contributed by atoms with van der Waals surface area (Å²) >= 11 is 1.59. The number of nitrogens with zero attached hydrogens (tertiary/aromatic N) is 1. The summed E-state index contributed by atoms with van der Waals surface area (Å²) < 4.78 is 6.68. The Kier molecular flexibility index (Phi) is 5.68. The molecular formula is C21H19N3O4S. The molecule has 0 saturated heterocycles. The maximum Gasteiger partial charge on any atom is 0.291 e. The second-order valence-corrected chi connectivity index (χ2v) is 7.32. The maximum absolute atomic E-state index is 13.0. The number of nitrogens with one attached hydrogen (secondary N) is 1. The molecule has 4 aromatic rings. The van der Waals surface area contributed by atoms with Gasteiger partial charge in [-0.2, -0.15) is 10.8 Å². The van der Waals surface area contributed by atoms with Gasteiger partial charge < -0.3 is 9.73 Å². The van der Waals surface area contributed by atoms with Crippen molar-refractivity contribution in [3.05, 3.63) is 77.2 Å². The van der Waals surface area contributed by atoms with Crippen LogP contribution < -0.4 is 11.2 Å². The Hall–Kier alpha value is -3.04. The summed E-state index contributed by atoms with van der Waals surface area (Å²) in [6, 6.07) is 17.4. The van der Waals surface area contributed by atoms with Gasteiger partial charge >= 0.3 is 0 Å². The SMILES string of the molecule is Cc1nc(-c2cccc3ccsc23)c(C(=O)NC(Cc2ccccc2)OON)o1. The Bertz CT molecular complexity index is 1120. The monoisotopic (exact) mass is 409 g/mol. The second kappa shape index (κ2) is 8.54. The number of oxazole rings is 1. The summed E-state index contributed by atoms with van der Waals surface area (Å²) in [5.74, 6) is 5.11. The van der Waals surface area contributed by atoms with E-state index in [-0.39, 0.29) is 5.76 Å². The molecule has 1 amide bonds. The van der Waals surface area contributed by atoms with E-state index >= 15 is 0 Å². The molecule has 0 aliphatic rings. The van der Waals surface area contributed by atoms with E-state index in [0.717, 1.165) is 21.2 Å².